The fraction of sp³-hybridized carbons (Fsp3) is 0.538. The van der Waals surface area contributed by atoms with E-state index in [1.165, 1.54) is 18.4 Å². The molecule has 0 heterocycles. The maximum atomic E-state index is 5.75. The molecule has 1 aliphatic rings. The summed E-state index contributed by atoms with van der Waals surface area (Å²) in [6.07, 6.45) is 3.50. The minimum absolute atomic E-state index is 0.471. The molecule has 0 aromatic heterocycles. The highest BCUT2D eigenvalue weighted by atomic mass is 79.9. The molecule has 0 spiro atoms. The summed E-state index contributed by atoms with van der Waals surface area (Å²) in [5.74, 6) is 0.819. The van der Waals surface area contributed by atoms with Gasteiger partial charge in [0.25, 0.3) is 0 Å². The van der Waals surface area contributed by atoms with E-state index < -0.39 is 0 Å². The maximum Gasteiger partial charge on any atom is 0.0175 e. The molecule has 0 unspecified atom stereocenters. The molecule has 0 atom stereocenters. The molecular weight excluding hydrogens is 264 g/mol. The molecule has 3 heteroatoms. The fourth-order valence-electron chi connectivity index (χ4n) is 2.14. The molecule has 0 radical (unpaired) electrons. The van der Waals surface area contributed by atoms with Crippen LogP contribution < -0.4 is 11.1 Å². The largest absolute Gasteiger partial charge is 0.328 e. The fourth-order valence-corrected chi connectivity index (χ4v) is 2.41. The van der Waals surface area contributed by atoms with Gasteiger partial charge < -0.3 is 11.1 Å². The number of nitrogens with one attached hydrogen (secondary N) is 1. The Balaban J connectivity index is 1.59. The highest BCUT2D eigenvalue weighted by Crippen LogP contribution is 2.24. The predicted molar refractivity (Wildman–Crippen MR) is 71.4 cm³/mol. The third-order valence-corrected chi connectivity index (χ3v) is 3.74. The number of hydrogen-bond acceptors (Lipinski definition) is 2. The summed E-state index contributed by atoms with van der Waals surface area (Å²) in [5.41, 5.74) is 7.14. The summed E-state index contributed by atoms with van der Waals surface area (Å²) in [6, 6.07) is 9.01. The van der Waals surface area contributed by atoms with Gasteiger partial charge in [0.1, 0.15) is 0 Å². The smallest absolute Gasteiger partial charge is 0.0175 e. The summed E-state index contributed by atoms with van der Waals surface area (Å²) < 4.78 is 1.15. The van der Waals surface area contributed by atoms with Gasteiger partial charge in [-0.1, -0.05) is 28.1 Å². The lowest BCUT2D eigenvalue weighted by molar-refractivity contribution is 0.257. The maximum absolute atomic E-state index is 5.75. The van der Waals surface area contributed by atoms with Crippen molar-refractivity contribution in [2.75, 3.05) is 13.1 Å². The molecule has 1 fully saturated rings. The number of rotatable bonds is 5. The molecule has 2 nitrogen and oxygen atoms in total. The molecule has 0 aliphatic heterocycles. The molecule has 16 heavy (non-hydrogen) atoms. The summed E-state index contributed by atoms with van der Waals surface area (Å²) >= 11 is 3.44. The van der Waals surface area contributed by atoms with Gasteiger partial charge in [-0.2, -0.15) is 0 Å². The van der Waals surface area contributed by atoms with Gasteiger partial charge in [0.05, 0.1) is 0 Å². The average molecular weight is 283 g/mol. The molecule has 1 aromatic rings. The first-order valence-corrected chi connectivity index (χ1v) is 6.74. The monoisotopic (exact) mass is 282 g/mol. The van der Waals surface area contributed by atoms with Gasteiger partial charge in [-0.25, -0.2) is 0 Å². The van der Waals surface area contributed by atoms with Crippen LogP contribution in [0.5, 0.6) is 0 Å². The van der Waals surface area contributed by atoms with Crippen LogP contribution in [0.15, 0.2) is 28.7 Å². The van der Waals surface area contributed by atoms with Crippen LogP contribution in [0.1, 0.15) is 18.4 Å². The van der Waals surface area contributed by atoms with E-state index >= 15 is 0 Å². The van der Waals surface area contributed by atoms with Crippen molar-refractivity contribution in [1.29, 1.82) is 0 Å². The molecule has 0 amide bonds. The minimum Gasteiger partial charge on any atom is -0.328 e. The Kier molecular flexibility index (Phi) is 4.38. The Morgan fingerprint density at radius 3 is 2.56 bits per heavy atom. The quantitative estimate of drug-likeness (QED) is 0.814. The van der Waals surface area contributed by atoms with Crippen molar-refractivity contribution in [3.8, 4) is 0 Å². The predicted octanol–water partition coefficient (Wildman–Crippen LogP) is 2.32. The van der Waals surface area contributed by atoms with E-state index in [4.69, 9.17) is 5.73 Å². The molecular formula is C13H19BrN2. The third kappa shape index (κ3) is 3.58. The van der Waals surface area contributed by atoms with E-state index in [0.29, 0.717) is 6.04 Å². The molecule has 1 aromatic carbocycles. The molecule has 0 saturated heterocycles. The summed E-state index contributed by atoms with van der Waals surface area (Å²) in [4.78, 5) is 0. The van der Waals surface area contributed by atoms with Crippen molar-refractivity contribution in [2.24, 2.45) is 11.7 Å². The molecule has 0 bridgehead atoms. The lowest BCUT2D eigenvalue weighted by Gasteiger charge is -2.32. The lowest BCUT2D eigenvalue weighted by Crippen LogP contribution is -2.41. The number of halogens is 1. The van der Waals surface area contributed by atoms with Crippen LogP contribution in [0.2, 0.25) is 0 Å². The first-order valence-electron chi connectivity index (χ1n) is 5.95. The number of benzene rings is 1. The second-order valence-electron chi connectivity index (χ2n) is 4.68. The summed E-state index contributed by atoms with van der Waals surface area (Å²) in [6.45, 7) is 2.19. The third-order valence-electron chi connectivity index (χ3n) is 3.21. The summed E-state index contributed by atoms with van der Waals surface area (Å²) in [7, 11) is 0. The molecule has 1 saturated carbocycles. The van der Waals surface area contributed by atoms with Crippen molar-refractivity contribution in [3.05, 3.63) is 34.3 Å². The van der Waals surface area contributed by atoms with Crippen LogP contribution in [0.25, 0.3) is 0 Å². The van der Waals surface area contributed by atoms with Crippen LogP contribution in [-0.4, -0.2) is 19.1 Å². The SMILES string of the molecule is NC1CC(CNCCc2ccc(Br)cc2)C1. The number of hydrogen-bond donors (Lipinski definition) is 2. The zero-order chi connectivity index (χ0) is 11.4. The Morgan fingerprint density at radius 1 is 1.25 bits per heavy atom. The van der Waals surface area contributed by atoms with E-state index in [0.717, 1.165) is 29.9 Å². The van der Waals surface area contributed by atoms with Gasteiger partial charge >= 0.3 is 0 Å². The van der Waals surface area contributed by atoms with Gasteiger partial charge in [-0.3, -0.25) is 0 Å². The standard InChI is InChI=1S/C13H19BrN2/c14-12-3-1-10(2-4-12)5-6-16-9-11-7-13(15)8-11/h1-4,11,13,16H,5-9,15H2. The Bertz CT molecular complexity index is 317. The highest BCUT2D eigenvalue weighted by Gasteiger charge is 2.24. The molecule has 88 valence electrons. The van der Waals surface area contributed by atoms with Crippen LogP contribution in [-0.2, 0) is 6.42 Å². The first-order chi connectivity index (χ1) is 7.74. The van der Waals surface area contributed by atoms with Gasteiger partial charge in [-0.05, 0) is 56.0 Å². The van der Waals surface area contributed by atoms with E-state index in [1.807, 2.05) is 0 Å². The van der Waals surface area contributed by atoms with E-state index in [9.17, 15) is 0 Å². The normalized spacial score (nSPS) is 24.1. The van der Waals surface area contributed by atoms with Crippen molar-refractivity contribution in [1.82, 2.24) is 5.32 Å². The Morgan fingerprint density at radius 2 is 1.94 bits per heavy atom. The van der Waals surface area contributed by atoms with E-state index in [2.05, 4.69) is 45.5 Å². The van der Waals surface area contributed by atoms with Crippen molar-refractivity contribution in [2.45, 2.75) is 25.3 Å². The van der Waals surface area contributed by atoms with Crippen LogP contribution in [0, 0.1) is 5.92 Å². The molecule has 3 N–H and O–H groups in total. The van der Waals surface area contributed by atoms with Crippen LogP contribution in [0.4, 0.5) is 0 Å². The zero-order valence-electron chi connectivity index (χ0n) is 9.45. The first kappa shape index (κ1) is 12.1. The Hall–Kier alpha value is -0.380. The van der Waals surface area contributed by atoms with Gasteiger partial charge in [0.2, 0.25) is 0 Å². The Labute approximate surface area is 106 Å². The highest BCUT2D eigenvalue weighted by molar-refractivity contribution is 9.10. The zero-order valence-corrected chi connectivity index (χ0v) is 11.0. The molecule has 1 aliphatic carbocycles. The van der Waals surface area contributed by atoms with Gasteiger partial charge in [0.15, 0.2) is 0 Å². The van der Waals surface area contributed by atoms with Crippen LogP contribution >= 0.6 is 15.9 Å². The second kappa shape index (κ2) is 5.80. The van der Waals surface area contributed by atoms with Crippen molar-refractivity contribution >= 4 is 15.9 Å². The minimum atomic E-state index is 0.471. The van der Waals surface area contributed by atoms with Crippen LogP contribution in [0.3, 0.4) is 0 Å². The van der Waals surface area contributed by atoms with Crippen molar-refractivity contribution < 1.29 is 0 Å². The second-order valence-corrected chi connectivity index (χ2v) is 5.59. The van der Waals surface area contributed by atoms with E-state index in [1.54, 1.807) is 0 Å². The molecule has 2 rings (SSSR count). The summed E-state index contributed by atoms with van der Waals surface area (Å²) in [5, 5.41) is 3.50. The topological polar surface area (TPSA) is 38.0 Å². The average Bonchev–Trinajstić information content (AvgIpc) is 2.24. The van der Waals surface area contributed by atoms with Crippen molar-refractivity contribution in [3.63, 3.8) is 0 Å². The lowest BCUT2D eigenvalue weighted by atomic mass is 9.81. The van der Waals surface area contributed by atoms with Gasteiger partial charge in [-0.15, -0.1) is 0 Å². The van der Waals surface area contributed by atoms with E-state index in [-0.39, 0.29) is 0 Å². The number of nitrogens with two attached hydrogens (primary N) is 1. The van der Waals surface area contributed by atoms with Gasteiger partial charge in [0, 0.05) is 10.5 Å².